The van der Waals surface area contributed by atoms with Crippen molar-refractivity contribution in [2.24, 2.45) is 0 Å². The molecule has 0 atom stereocenters. The van der Waals surface area contributed by atoms with Crippen LogP contribution in [-0.2, 0) is 6.54 Å². The number of benzene rings is 1. The molecule has 0 aliphatic rings. The highest BCUT2D eigenvalue weighted by molar-refractivity contribution is 7.09. The average Bonchev–Trinajstić information content (AvgIpc) is 3.09. The van der Waals surface area contributed by atoms with Crippen LogP contribution in [0.1, 0.15) is 15.4 Å². The Morgan fingerprint density at radius 1 is 1.26 bits per heavy atom. The highest BCUT2D eigenvalue weighted by Crippen LogP contribution is 2.21. The number of hydrogen-bond acceptors (Lipinski definition) is 4. The van der Waals surface area contributed by atoms with Gasteiger partial charge in [0.1, 0.15) is 5.01 Å². The van der Waals surface area contributed by atoms with E-state index < -0.39 is 0 Å². The normalized spacial score (nSPS) is 10.5. The van der Waals surface area contributed by atoms with Crippen LogP contribution in [0.25, 0.3) is 11.3 Å². The van der Waals surface area contributed by atoms with Gasteiger partial charge < -0.3 is 0 Å². The molecule has 0 N–H and O–H groups in total. The number of carbonyl (C=O) groups is 1. The third-order valence-corrected chi connectivity index (χ3v) is 3.54. The van der Waals surface area contributed by atoms with Gasteiger partial charge in [-0.15, -0.1) is 11.3 Å². The highest BCUT2D eigenvalue weighted by atomic mass is 32.1. The van der Waals surface area contributed by atoms with Crippen molar-refractivity contribution >= 4 is 17.6 Å². The number of aromatic nitrogens is 3. The van der Waals surface area contributed by atoms with Crippen LogP contribution in [0.2, 0.25) is 0 Å². The van der Waals surface area contributed by atoms with Gasteiger partial charge in [-0.3, -0.25) is 9.48 Å². The topological polar surface area (TPSA) is 47.8 Å². The molecule has 3 rings (SSSR count). The van der Waals surface area contributed by atoms with Crippen molar-refractivity contribution in [3.63, 3.8) is 0 Å². The summed E-state index contributed by atoms with van der Waals surface area (Å²) < 4.78 is 1.72. The van der Waals surface area contributed by atoms with Crippen molar-refractivity contribution in [2.45, 2.75) is 6.54 Å². The number of carbonyl (C=O) groups excluding carboxylic acids is 1. The highest BCUT2D eigenvalue weighted by Gasteiger charge is 2.05. The van der Waals surface area contributed by atoms with Crippen LogP contribution in [0.3, 0.4) is 0 Å². The Hall–Kier alpha value is -2.27. The lowest BCUT2D eigenvalue weighted by Crippen LogP contribution is -1.99. The minimum Gasteiger partial charge on any atom is -0.298 e. The summed E-state index contributed by atoms with van der Waals surface area (Å²) in [6.45, 7) is 0.589. The molecule has 0 unspecified atom stereocenters. The van der Waals surface area contributed by atoms with Gasteiger partial charge in [0.15, 0.2) is 6.29 Å². The fraction of sp³-hybridized carbons (Fsp3) is 0.0714. The van der Waals surface area contributed by atoms with Gasteiger partial charge in [-0.25, -0.2) is 4.98 Å². The van der Waals surface area contributed by atoms with Gasteiger partial charge in [0.25, 0.3) is 0 Å². The fourth-order valence-electron chi connectivity index (χ4n) is 1.79. The van der Waals surface area contributed by atoms with E-state index in [1.165, 1.54) is 0 Å². The van der Waals surface area contributed by atoms with E-state index in [4.69, 9.17) is 0 Å². The van der Waals surface area contributed by atoms with E-state index in [2.05, 4.69) is 10.1 Å². The molecule has 19 heavy (non-hydrogen) atoms. The van der Waals surface area contributed by atoms with Gasteiger partial charge >= 0.3 is 0 Å². The van der Waals surface area contributed by atoms with Crippen LogP contribution >= 0.6 is 11.3 Å². The Morgan fingerprint density at radius 2 is 2.11 bits per heavy atom. The van der Waals surface area contributed by atoms with Crippen molar-refractivity contribution in [3.05, 3.63) is 58.7 Å². The molecule has 0 aliphatic carbocycles. The van der Waals surface area contributed by atoms with Crippen LogP contribution in [0, 0.1) is 0 Å². The summed E-state index contributed by atoms with van der Waals surface area (Å²) in [5.41, 5.74) is 2.67. The van der Waals surface area contributed by atoms with Crippen molar-refractivity contribution in [2.75, 3.05) is 0 Å². The zero-order valence-electron chi connectivity index (χ0n) is 10.1. The van der Waals surface area contributed by atoms with Gasteiger partial charge in [0.2, 0.25) is 0 Å². The standard InChI is InChI=1S/C14H11N3OS/c18-9-11-6-15-17(7-11)8-14-16-13(10-19-14)12-4-2-1-3-5-12/h1-7,9-10H,8H2. The molecule has 0 bridgehead atoms. The number of rotatable bonds is 4. The monoisotopic (exact) mass is 269 g/mol. The second kappa shape index (κ2) is 5.16. The lowest BCUT2D eigenvalue weighted by molar-refractivity contribution is 0.112. The minimum absolute atomic E-state index is 0.583. The van der Waals surface area contributed by atoms with Crippen molar-refractivity contribution in [1.82, 2.24) is 14.8 Å². The molecule has 3 aromatic rings. The van der Waals surface area contributed by atoms with Gasteiger partial charge in [0.05, 0.1) is 24.0 Å². The molecule has 0 saturated heterocycles. The van der Waals surface area contributed by atoms with E-state index in [0.717, 1.165) is 22.6 Å². The summed E-state index contributed by atoms with van der Waals surface area (Å²) in [6, 6.07) is 10.1. The zero-order chi connectivity index (χ0) is 13.1. The first-order valence-corrected chi connectivity index (χ1v) is 6.70. The van der Waals surface area contributed by atoms with E-state index in [1.807, 2.05) is 35.7 Å². The Labute approximate surface area is 114 Å². The van der Waals surface area contributed by atoms with E-state index in [1.54, 1.807) is 28.4 Å². The first-order chi connectivity index (χ1) is 9.35. The number of hydrogen-bond donors (Lipinski definition) is 0. The van der Waals surface area contributed by atoms with Crippen LogP contribution in [0.5, 0.6) is 0 Å². The molecule has 2 aromatic heterocycles. The molecule has 5 heteroatoms. The van der Waals surface area contributed by atoms with Crippen molar-refractivity contribution in [1.29, 1.82) is 0 Å². The van der Waals surface area contributed by atoms with Gasteiger partial charge in [-0.05, 0) is 0 Å². The largest absolute Gasteiger partial charge is 0.298 e. The maximum atomic E-state index is 10.6. The summed E-state index contributed by atoms with van der Waals surface area (Å²) in [6.07, 6.45) is 4.07. The van der Waals surface area contributed by atoms with Crippen LogP contribution < -0.4 is 0 Å². The van der Waals surface area contributed by atoms with Gasteiger partial charge in [-0.2, -0.15) is 5.10 Å². The lowest BCUT2D eigenvalue weighted by Gasteiger charge is -1.97. The quantitative estimate of drug-likeness (QED) is 0.684. The van der Waals surface area contributed by atoms with E-state index in [0.29, 0.717) is 12.1 Å². The molecule has 1 aromatic carbocycles. The molecule has 0 spiro atoms. The van der Waals surface area contributed by atoms with Crippen molar-refractivity contribution < 1.29 is 4.79 Å². The van der Waals surface area contributed by atoms with Crippen LogP contribution in [0.15, 0.2) is 48.1 Å². The minimum atomic E-state index is 0.583. The van der Waals surface area contributed by atoms with Crippen LogP contribution in [0.4, 0.5) is 0 Å². The maximum absolute atomic E-state index is 10.6. The molecular weight excluding hydrogens is 258 g/mol. The molecule has 0 radical (unpaired) electrons. The Balaban J connectivity index is 1.80. The van der Waals surface area contributed by atoms with E-state index >= 15 is 0 Å². The third kappa shape index (κ3) is 2.61. The lowest BCUT2D eigenvalue weighted by atomic mass is 10.2. The van der Waals surface area contributed by atoms with Gasteiger partial charge in [-0.1, -0.05) is 30.3 Å². The van der Waals surface area contributed by atoms with Crippen LogP contribution in [-0.4, -0.2) is 21.1 Å². The SMILES string of the molecule is O=Cc1cnn(Cc2nc(-c3ccccc3)cs2)c1. The smallest absolute Gasteiger partial charge is 0.153 e. The molecule has 0 amide bonds. The molecule has 94 valence electrons. The summed E-state index contributed by atoms with van der Waals surface area (Å²) >= 11 is 1.60. The summed E-state index contributed by atoms with van der Waals surface area (Å²) in [4.78, 5) is 15.2. The molecule has 0 fully saturated rings. The Kier molecular flexibility index (Phi) is 3.20. The van der Waals surface area contributed by atoms with Crippen molar-refractivity contribution in [3.8, 4) is 11.3 Å². The number of aldehydes is 1. The number of nitrogens with zero attached hydrogens (tertiary/aromatic N) is 3. The second-order valence-electron chi connectivity index (χ2n) is 4.08. The predicted molar refractivity (Wildman–Crippen MR) is 74.3 cm³/mol. The Bertz CT molecular complexity index is 688. The Morgan fingerprint density at radius 3 is 2.84 bits per heavy atom. The summed E-state index contributed by atoms with van der Waals surface area (Å²) in [7, 11) is 0. The maximum Gasteiger partial charge on any atom is 0.153 e. The third-order valence-electron chi connectivity index (χ3n) is 2.71. The first-order valence-electron chi connectivity index (χ1n) is 5.82. The van der Waals surface area contributed by atoms with Gasteiger partial charge in [0, 0.05) is 17.1 Å². The molecular formula is C14H11N3OS. The zero-order valence-corrected chi connectivity index (χ0v) is 10.9. The second-order valence-corrected chi connectivity index (χ2v) is 5.02. The molecule has 2 heterocycles. The summed E-state index contributed by atoms with van der Waals surface area (Å²) in [5, 5.41) is 7.12. The first kappa shape index (κ1) is 11.8. The molecule has 0 saturated carbocycles. The van der Waals surface area contributed by atoms with E-state index in [9.17, 15) is 4.79 Å². The average molecular weight is 269 g/mol. The number of thiazole rings is 1. The summed E-state index contributed by atoms with van der Waals surface area (Å²) in [5.74, 6) is 0. The van der Waals surface area contributed by atoms with E-state index in [-0.39, 0.29) is 0 Å². The molecule has 0 aliphatic heterocycles. The molecule has 4 nitrogen and oxygen atoms in total. The fourth-order valence-corrected chi connectivity index (χ4v) is 2.58. The predicted octanol–water partition coefficient (Wildman–Crippen LogP) is 2.87.